The van der Waals surface area contributed by atoms with Crippen LogP contribution in [0.2, 0.25) is 5.02 Å². The molecule has 1 fully saturated rings. The van der Waals surface area contributed by atoms with Crippen molar-refractivity contribution < 1.29 is 19.1 Å². The molecule has 3 aliphatic rings. The van der Waals surface area contributed by atoms with Crippen molar-refractivity contribution in [2.45, 2.75) is 30.8 Å². The average Bonchev–Trinajstić information content (AvgIpc) is 3.52. The van der Waals surface area contributed by atoms with Crippen LogP contribution in [0.5, 0.6) is 5.75 Å². The Morgan fingerprint density at radius 1 is 0.907 bits per heavy atom. The molecule has 0 radical (unpaired) electrons. The summed E-state index contributed by atoms with van der Waals surface area (Å²) in [6.07, 6.45) is 4.60. The summed E-state index contributed by atoms with van der Waals surface area (Å²) in [4.78, 5) is 46.3. The molecule has 214 valence electrons. The second-order valence-corrected chi connectivity index (χ2v) is 11.6. The highest BCUT2D eigenvalue weighted by Gasteiger charge is 2.70. The fourth-order valence-electron chi connectivity index (χ4n) is 7.13. The third-order valence-corrected chi connectivity index (χ3v) is 9.12. The molecule has 0 aromatic heterocycles. The number of carbonyl (C=O) groups excluding carboxylic acids is 3. The first-order valence-electron chi connectivity index (χ1n) is 14.5. The van der Waals surface area contributed by atoms with Gasteiger partial charge >= 0.3 is 0 Å². The Morgan fingerprint density at radius 3 is 2.44 bits per heavy atom. The van der Waals surface area contributed by atoms with E-state index in [2.05, 4.69) is 5.32 Å². The molecule has 1 amide bonds. The summed E-state index contributed by atoms with van der Waals surface area (Å²) in [5, 5.41) is 3.57. The Kier molecular flexibility index (Phi) is 6.66. The zero-order chi connectivity index (χ0) is 29.7. The number of benzene rings is 4. The quantitative estimate of drug-likeness (QED) is 0.233. The molecule has 0 unspecified atom stereocenters. The van der Waals surface area contributed by atoms with E-state index in [-0.39, 0.29) is 17.5 Å². The predicted molar refractivity (Wildman–Crippen MR) is 166 cm³/mol. The number of amides is 1. The maximum Gasteiger partial charge on any atom is 0.238 e. The van der Waals surface area contributed by atoms with Gasteiger partial charge in [-0.1, -0.05) is 73.1 Å². The highest BCUT2D eigenvalue weighted by atomic mass is 35.5. The van der Waals surface area contributed by atoms with E-state index in [4.69, 9.17) is 16.3 Å². The molecule has 3 aliphatic heterocycles. The maximum atomic E-state index is 14.9. The normalized spacial score (nSPS) is 23.0. The lowest BCUT2D eigenvalue weighted by Gasteiger charge is -2.38. The molecule has 4 atom stereocenters. The van der Waals surface area contributed by atoms with Crippen LogP contribution in [0.1, 0.15) is 56.8 Å². The van der Waals surface area contributed by atoms with Gasteiger partial charge in [0.25, 0.3) is 0 Å². The first-order chi connectivity index (χ1) is 21.0. The van der Waals surface area contributed by atoms with Crippen LogP contribution < -0.4 is 10.1 Å². The van der Waals surface area contributed by atoms with E-state index in [1.165, 1.54) is 0 Å². The topological polar surface area (TPSA) is 75.7 Å². The summed E-state index contributed by atoms with van der Waals surface area (Å²) in [5.74, 6) is -1.48. The second-order valence-electron chi connectivity index (χ2n) is 11.2. The lowest BCUT2D eigenvalue weighted by Crippen LogP contribution is -2.49. The molecule has 0 aliphatic carbocycles. The minimum Gasteiger partial charge on any atom is -0.493 e. The standard InChI is InChI=1S/C36H29ClN2O4/c1-2-21-43-29-14-8-5-11-26(29)33(41)31-30(32(40)23-15-17-24(37)18-16-23)36(27-12-6-7-13-28(27)38-35(36)42)34-25-10-4-3-9-22(25)19-20-39(31)34/h3-20,30-31,34H,2,21H2,1H3,(H,38,42)/t30-,31-,34+,36+/m0/s1. The monoisotopic (exact) mass is 588 g/mol. The fourth-order valence-corrected chi connectivity index (χ4v) is 7.25. The molecule has 7 rings (SSSR count). The summed E-state index contributed by atoms with van der Waals surface area (Å²) < 4.78 is 6.01. The van der Waals surface area contributed by atoms with E-state index in [1.807, 2.05) is 78.7 Å². The first-order valence-corrected chi connectivity index (χ1v) is 14.9. The van der Waals surface area contributed by atoms with Crippen LogP contribution in [-0.2, 0) is 10.2 Å². The number of fused-ring (bicyclic) bond motifs is 6. The molecule has 7 heteroatoms. The van der Waals surface area contributed by atoms with Crippen molar-refractivity contribution in [3.8, 4) is 5.75 Å². The zero-order valence-corrected chi connectivity index (χ0v) is 24.3. The molecule has 4 aromatic rings. The largest absolute Gasteiger partial charge is 0.493 e. The van der Waals surface area contributed by atoms with Crippen LogP contribution >= 0.6 is 11.6 Å². The van der Waals surface area contributed by atoms with Gasteiger partial charge in [-0.15, -0.1) is 0 Å². The lowest BCUT2D eigenvalue weighted by atomic mass is 9.62. The maximum absolute atomic E-state index is 14.9. The Morgan fingerprint density at radius 2 is 1.63 bits per heavy atom. The van der Waals surface area contributed by atoms with Gasteiger partial charge < -0.3 is 15.0 Å². The lowest BCUT2D eigenvalue weighted by molar-refractivity contribution is -0.122. The van der Waals surface area contributed by atoms with E-state index in [0.717, 1.165) is 17.5 Å². The van der Waals surface area contributed by atoms with Gasteiger partial charge in [0.15, 0.2) is 11.6 Å². The molecule has 3 heterocycles. The third kappa shape index (κ3) is 4.04. The van der Waals surface area contributed by atoms with Crippen LogP contribution in [0.3, 0.4) is 0 Å². The van der Waals surface area contributed by atoms with Crippen molar-refractivity contribution in [1.29, 1.82) is 0 Å². The summed E-state index contributed by atoms with van der Waals surface area (Å²) in [6, 6.07) is 27.5. The number of para-hydroxylation sites is 2. The van der Waals surface area contributed by atoms with E-state index in [9.17, 15) is 14.4 Å². The van der Waals surface area contributed by atoms with Gasteiger partial charge in [-0.25, -0.2) is 0 Å². The van der Waals surface area contributed by atoms with Gasteiger partial charge in [0.2, 0.25) is 5.91 Å². The van der Waals surface area contributed by atoms with Crippen LogP contribution in [0, 0.1) is 5.92 Å². The van der Waals surface area contributed by atoms with Crippen molar-refractivity contribution in [3.05, 3.63) is 136 Å². The van der Waals surface area contributed by atoms with E-state index >= 15 is 0 Å². The Bertz CT molecular complexity index is 1800. The van der Waals surface area contributed by atoms with Crippen LogP contribution in [0.4, 0.5) is 5.69 Å². The van der Waals surface area contributed by atoms with E-state index in [0.29, 0.717) is 39.8 Å². The zero-order valence-electron chi connectivity index (χ0n) is 23.5. The number of rotatable bonds is 7. The van der Waals surface area contributed by atoms with Gasteiger partial charge in [0, 0.05) is 22.5 Å². The van der Waals surface area contributed by atoms with Crippen LogP contribution in [0.15, 0.2) is 103 Å². The summed E-state index contributed by atoms with van der Waals surface area (Å²) in [5.41, 5.74) is 2.55. The SMILES string of the molecule is CCCOc1ccccc1C(=O)[C@@H]1[C@@H](C(=O)c2ccc(Cl)cc2)[C@@]2(C(=O)Nc3ccccc32)[C@H]2c3ccccc3C=CN12. The Balaban J connectivity index is 1.51. The van der Waals surface area contributed by atoms with Gasteiger partial charge in [-0.05, 0) is 71.7 Å². The van der Waals surface area contributed by atoms with Gasteiger partial charge in [-0.3, -0.25) is 14.4 Å². The van der Waals surface area contributed by atoms with Crippen molar-refractivity contribution in [2.75, 3.05) is 11.9 Å². The number of halogens is 1. The molecule has 1 saturated heterocycles. The molecule has 0 saturated carbocycles. The van der Waals surface area contributed by atoms with Gasteiger partial charge in [0.1, 0.15) is 17.2 Å². The van der Waals surface area contributed by atoms with Crippen molar-refractivity contribution in [1.82, 2.24) is 4.90 Å². The fraction of sp³-hybridized carbons (Fsp3) is 0.194. The Labute approximate surface area is 254 Å². The molecule has 1 N–H and O–H groups in total. The highest BCUT2D eigenvalue weighted by Crippen LogP contribution is 2.62. The second kappa shape index (κ2) is 10.5. The van der Waals surface area contributed by atoms with E-state index in [1.54, 1.807) is 42.5 Å². The smallest absolute Gasteiger partial charge is 0.238 e. The number of ether oxygens (including phenoxy) is 1. The predicted octanol–water partition coefficient (Wildman–Crippen LogP) is 7.11. The Hall–Kier alpha value is -4.68. The first kappa shape index (κ1) is 27.2. The molecule has 1 spiro atoms. The number of carbonyl (C=O) groups is 3. The number of hydrogen-bond acceptors (Lipinski definition) is 5. The summed E-state index contributed by atoms with van der Waals surface area (Å²) in [7, 11) is 0. The van der Waals surface area contributed by atoms with E-state index < -0.39 is 23.4 Å². The van der Waals surface area contributed by atoms with Crippen molar-refractivity contribution in [2.24, 2.45) is 5.92 Å². The number of anilines is 1. The summed E-state index contributed by atoms with van der Waals surface area (Å²) in [6.45, 7) is 2.45. The minimum absolute atomic E-state index is 0.276. The molecular weight excluding hydrogens is 560 g/mol. The van der Waals surface area contributed by atoms with Crippen LogP contribution in [0.25, 0.3) is 6.08 Å². The van der Waals surface area contributed by atoms with Crippen LogP contribution in [-0.4, -0.2) is 35.0 Å². The minimum atomic E-state index is -1.40. The molecule has 0 bridgehead atoms. The average molecular weight is 589 g/mol. The summed E-state index contributed by atoms with van der Waals surface area (Å²) >= 11 is 6.20. The highest BCUT2D eigenvalue weighted by molar-refractivity contribution is 6.30. The molecule has 4 aromatic carbocycles. The number of hydrogen-bond donors (Lipinski definition) is 1. The van der Waals surface area contributed by atoms with Crippen molar-refractivity contribution >= 4 is 40.8 Å². The van der Waals surface area contributed by atoms with Gasteiger partial charge in [-0.2, -0.15) is 0 Å². The van der Waals surface area contributed by atoms with Crippen molar-refractivity contribution in [3.63, 3.8) is 0 Å². The number of ketones is 2. The number of nitrogens with zero attached hydrogens (tertiary/aromatic N) is 1. The molecule has 6 nitrogen and oxygen atoms in total. The van der Waals surface area contributed by atoms with Gasteiger partial charge in [0.05, 0.1) is 24.1 Å². The molecular formula is C36H29ClN2O4. The molecule has 43 heavy (non-hydrogen) atoms. The number of Topliss-reactive ketones (excluding diaryl/α,β-unsaturated/α-hetero) is 2. The number of nitrogens with one attached hydrogen (secondary N) is 1. The third-order valence-electron chi connectivity index (χ3n) is 8.86.